The van der Waals surface area contributed by atoms with Gasteiger partial charge in [-0.15, -0.1) is 0 Å². The smallest absolute Gasteiger partial charge is 0.310 e. The molecule has 1 N–H and O–H groups in total. The fourth-order valence-electron chi connectivity index (χ4n) is 2.12. The van der Waals surface area contributed by atoms with Crippen molar-refractivity contribution in [3.8, 4) is 0 Å². The number of piperidine rings is 1. The first-order chi connectivity index (χ1) is 6.83. The molecule has 1 saturated heterocycles. The first-order valence-corrected chi connectivity index (χ1v) is 5.78. The van der Waals surface area contributed by atoms with Crippen molar-refractivity contribution in [2.75, 3.05) is 19.6 Å². The molecule has 0 aliphatic carbocycles. The molecule has 3 nitrogen and oxygen atoms in total. The van der Waals surface area contributed by atoms with Crippen molar-refractivity contribution in [3.63, 3.8) is 0 Å². The van der Waals surface area contributed by atoms with Crippen LogP contribution < -0.4 is 0 Å². The molecule has 0 saturated carbocycles. The van der Waals surface area contributed by atoms with Gasteiger partial charge in [0, 0.05) is 13.1 Å². The summed E-state index contributed by atoms with van der Waals surface area (Å²) >= 11 is 0. The lowest BCUT2D eigenvalue weighted by Gasteiger charge is -2.38. The summed E-state index contributed by atoms with van der Waals surface area (Å²) in [5.74, 6) is 0.756. The third-order valence-corrected chi connectivity index (χ3v) is 3.62. The number of aliphatic carboxylic acids is 1. The second kappa shape index (κ2) is 4.52. The highest BCUT2D eigenvalue weighted by atomic mass is 16.4. The number of hydrogen-bond donors (Lipinski definition) is 1. The van der Waals surface area contributed by atoms with Gasteiger partial charge in [0.15, 0.2) is 0 Å². The predicted molar refractivity (Wildman–Crippen MR) is 60.8 cm³/mol. The molecular formula is C12H23NO2. The summed E-state index contributed by atoms with van der Waals surface area (Å²) in [6.07, 6.45) is 1.19. The predicted octanol–water partition coefficient (Wildman–Crippen LogP) is 2.08. The van der Waals surface area contributed by atoms with Crippen LogP contribution in [0.4, 0.5) is 0 Å². The molecule has 1 aliphatic heterocycles. The van der Waals surface area contributed by atoms with Crippen molar-refractivity contribution in [2.24, 2.45) is 17.3 Å². The number of nitrogens with zero attached hydrogens (tertiary/aromatic N) is 1. The molecule has 0 aromatic rings. The minimum Gasteiger partial charge on any atom is -0.481 e. The first-order valence-electron chi connectivity index (χ1n) is 5.78. The van der Waals surface area contributed by atoms with E-state index in [9.17, 15) is 4.79 Å². The van der Waals surface area contributed by atoms with Crippen LogP contribution in [0, 0.1) is 17.3 Å². The summed E-state index contributed by atoms with van der Waals surface area (Å²) in [4.78, 5) is 13.3. The molecule has 0 spiro atoms. The molecule has 2 unspecified atom stereocenters. The first kappa shape index (κ1) is 12.5. The van der Waals surface area contributed by atoms with Crippen LogP contribution in [0.25, 0.3) is 0 Å². The second-order valence-electron chi connectivity index (χ2n) is 5.67. The molecule has 3 heteroatoms. The lowest BCUT2D eigenvalue weighted by atomic mass is 9.86. The highest BCUT2D eigenvalue weighted by Crippen LogP contribution is 2.25. The van der Waals surface area contributed by atoms with Crippen LogP contribution in [0.5, 0.6) is 0 Å². The van der Waals surface area contributed by atoms with Gasteiger partial charge >= 0.3 is 5.97 Å². The maximum atomic E-state index is 11.0. The van der Waals surface area contributed by atoms with E-state index >= 15 is 0 Å². The van der Waals surface area contributed by atoms with Crippen LogP contribution in [-0.2, 0) is 4.79 Å². The quantitative estimate of drug-likeness (QED) is 0.780. The molecule has 2 atom stereocenters. The zero-order valence-electron chi connectivity index (χ0n) is 10.3. The van der Waals surface area contributed by atoms with Crippen molar-refractivity contribution in [1.29, 1.82) is 0 Å². The van der Waals surface area contributed by atoms with E-state index in [1.54, 1.807) is 13.8 Å². The standard InChI is InChI=1S/C12H23NO2/c1-9-5-6-13(7-10(9)2)8-12(3,4)11(14)15/h9-10H,5-8H2,1-4H3,(H,14,15). The second-order valence-corrected chi connectivity index (χ2v) is 5.67. The fourth-order valence-corrected chi connectivity index (χ4v) is 2.12. The third kappa shape index (κ3) is 3.20. The Morgan fingerprint density at radius 3 is 2.47 bits per heavy atom. The normalized spacial score (nSPS) is 29.1. The van der Waals surface area contributed by atoms with Crippen LogP contribution in [-0.4, -0.2) is 35.6 Å². The number of carboxylic acid groups (broad SMARTS) is 1. The van der Waals surface area contributed by atoms with Gasteiger partial charge < -0.3 is 10.0 Å². The number of hydrogen-bond acceptors (Lipinski definition) is 2. The van der Waals surface area contributed by atoms with Gasteiger partial charge in [-0.2, -0.15) is 0 Å². The van der Waals surface area contributed by atoms with Gasteiger partial charge in [-0.1, -0.05) is 13.8 Å². The van der Waals surface area contributed by atoms with Gasteiger partial charge in [-0.05, 0) is 38.6 Å². The minimum absolute atomic E-state index is 0.625. The minimum atomic E-state index is -0.700. The van der Waals surface area contributed by atoms with E-state index in [1.807, 2.05) is 0 Å². The fraction of sp³-hybridized carbons (Fsp3) is 0.917. The van der Waals surface area contributed by atoms with Gasteiger partial charge in [0.2, 0.25) is 0 Å². The third-order valence-electron chi connectivity index (χ3n) is 3.62. The van der Waals surface area contributed by atoms with E-state index in [4.69, 9.17) is 5.11 Å². The van der Waals surface area contributed by atoms with Crippen molar-refractivity contribution < 1.29 is 9.90 Å². The van der Waals surface area contributed by atoms with E-state index in [1.165, 1.54) is 6.42 Å². The summed E-state index contributed by atoms with van der Waals surface area (Å²) in [6, 6.07) is 0. The maximum absolute atomic E-state index is 11.0. The molecule has 1 fully saturated rings. The van der Waals surface area contributed by atoms with E-state index in [-0.39, 0.29) is 0 Å². The summed E-state index contributed by atoms with van der Waals surface area (Å²) < 4.78 is 0. The Hall–Kier alpha value is -0.570. The largest absolute Gasteiger partial charge is 0.481 e. The van der Waals surface area contributed by atoms with Crippen LogP contribution in [0.15, 0.2) is 0 Å². The van der Waals surface area contributed by atoms with Gasteiger partial charge in [0.1, 0.15) is 0 Å². The van der Waals surface area contributed by atoms with Crippen LogP contribution in [0.1, 0.15) is 34.1 Å². The summed E-state index contributed by atoms with van der Waals surface area (Å²) in [5.41, 5.74) is -0.625. The number of likely N-dealkylation sites (tertiary alicyclic amines) is 1. The van der Waals surface area contributed by atoms with E-state index < -0.39 is 11.4 Å². The Morgan fingerprint density at radius 1 is 1.40 bits per heavy atom. The lowest BCUT2D eigenvalue weighted by molar-refractivity contribution is -0.148. The highest BCUT2D eigenvalue weighted by molar-refractivity contribution is 5.73. The number of carbonyl (C=O) groups is 1. The van der Waals surface area contributed by atoms with Gasteiger partial charge in [0.25, 0.3) is 0 Å². The Balaban J connectivity index is 2.50. The Morgan fingerprint density at radius 2 is 2.00 bits per heavy atom. The summed E-state index contributed by atoms with van der Waals surface area (Å²) in [5, 5.41) is 9.06. The molecule has 1 aliphatic rings. The summed E-state index contributed by atoms with van der Waals surface area (Å²) in [7, 11) is 0. The molecule has 0 aromatic carbocycles. The molecule has 1 heterocycles. The highest BCUT2D eigenvalue weighted by Gasteiger charge is 2.32. The number of rotatable bonds is 3. The topological polar surface area (TPSA) is 40.5 Å². The summed E-state index contributed by atoms with van der Waals surface area (Å²) in [6.45, 7) is 10.9. The van der Waals surface area contributed by atoms with Crippen LogP contribution >= 0.6 is 0 Å². The zero-order valence-corrected chi connectivity index (χ0v) is 10.3. The van der Waals surface area contributed by atoms with Gasteiger partial charge in [-0.25, -0.2) is 0 Å². The Bertz CT molecular complexity index is 238. The van der Waals surface area contributed by atoms with Crippen LogP contribution in [0.2, 0.25) is 0 Å². The SMILES string of the molecule is CC1CCN(CC(C)(C)C(=O)O)CC1C. The van der Waals surface area contributed by atoms with Crippen LogP contribution in [0.3, 0.4) is 0 Å². The van der Waals surface area contributed by atoms with Gasteiger partial charge in [-0.3, -0.25) is 4.79 Å². The monoisotopic (exact) mass is 213 g/mol. The molecule has 0 radical (unpaired) electrons. The molecule has 88 valence electrons. The van der Waals surface area contributed by atoms with Crippen molar-refractivity contribution in [1.82, 2.24) is 4.90 Å². The van der Waals surface area contributed by atoms with E-state index in [0.717, 1.165) is 19.0 Å². The van der Waals surface area contributed by atoms with E-state index in [2.05, 4.69) is 18.7 Å². The van der Waals surface area contributed by atoms with Crippen molar-refractivity contribution in [3.05, 3.63) is 0 Å². The Labute approximate surface area is 92.5 Å². The average molecular weight is 213 g/mol. The molecule has 1 rings (SSSR count). The zero-order chi connectivity index (χ0) is 11.6. The molecular weight excluding hydrogens is 190 g/mol. The lowest BCUT2D eigenvalue weighted by Crippen LogP contribution is -2.45. The molecule has 0 amide bonds. The molecule has 0 aromatic heterocycles. The van der Waals surface area contributed by atoms with Crippen molar-refractivity contribution >= 4 is 5.97 Å². The average Bonchev–Trinajstić information content (AvgIpc) is 2.10. The van der Waals surface area contributed by atoms with Gasteiger partial charge in [0.05, 0.1) is 5.41 Å². The van der Waals surface area contributed by atoms with Crippen molar-refractivity contribution in [2.45, 2.75) is 34.1 Å². The Kier molecular flexibility index (Phi) is 3.77. The number of carboxylic acids is 1. The van der Waals surface area contributed by atoms with E-state index in [0.29, 0.717) is 12.5 Å². The maximum Gasteiger partial charge on any atom is 0.310 e. The molecule has 15 heavy (non-hydrogen) atoms. The molecule has 0 bridgehead atoms.